The van der Waals surface area contributed by atoms with Gasteiger partial charge in [-0.1, -0.05) is 29.3 Å². The van der Waals surface area contributed by atoms with E-state index in [0.717, 1.165) is 10.5 Å². The highest BCUT2D eigenvalue weighted by molar-refractivity contribution is 6.53. The van der Waals surface area contributed by atoms with Gasteiger partial charge in [-0.15, -0.1) is 0 Å². The number of imide groups is 1. The average molecular weight is 435 g/mol. The van der Waals surface area contributed by atoms with Crippen LogP contribution in [0.25, 0.3) is 0 Å². The van der Waals surface area contributed by atoms with E-state index >= 15 is 0 Å². The highest BCUT2D eigenvalue weighted by Gasteiger charge is 2.39. The van der Waals surface area contributed by atoms with E-state index in [2.05, 4.69) is 10.1 Å². The maximum absolute atomic E-state index is 13.0. The van der Waals surface area contributed by atoms with E-state index in [4.69, 9.17) is 27.9 Å². The lowest BCUT2D eigenvalue weighted by Gasteiger charge is -2.17. The van der Waals surface area contributed by atoms with Crippen LogP contribution in [0.2, 0.25) is 5.02 Å². The molecule has 0 fully saturated rings. The molecule has 0 spiro atoms. The molecule has 0 saturated heterocycles. The molecule has 1 N–H and O–H groups in total. The molecule has 0 bridgehead atoms. The highest BCUT2D eigenvalue weighted by atomic mass is 35.5. The van der Waals surface area contributed by atoms with Crippen LogP contribution in [0.15, 0.2) is 47.1 Å². The molecule has 2 aromatic rings. The smallest absolute Gasteiger partial charge is 0.337 e. The summed E-state index contributed by atoms with van der Waals surface area (Å²) in [5, 5.41) is 3.07. The van der Waals surface area contributed by atoms with Gasteiger partial charge in [0.15, 0.2) is 0 Å². The Balaban J connectivity index is 1.96. The van der Waals surface area contributed by atoms with Crippen molar-refractivity contribution in [2.75, 3.05) is 24.4 Å². The van der Waals surface area contributed by atoms with Crippen molar-refractivity contribution in [3.8, 4) is 5.75 Å². The summed E-state index contributed by atoms with van der Waals surface area (Å²) >= 11 is 12.3. The van der Waals surface area contributed by atoms with Crippen LogP contribution in [0.4, 0.5) is 11.4 Å². The lowest BCUT2D eigenvalue weighted by atomic mass is 10.2. The molecule has 2 amide bonds. The minimum Gasteiger partial charge on any atom is -0.495 e. The molecule has 1 aliphatic heterocycles. The van der Waals surface area contributed by atoms with E-state index in [1.807, 2.05) is 0 Å². The average Bonchev–Trinajstić information content (AvgIpc) is 2.93. The van der Waals surface area contributed by atoms with Gasteiger partial charge in [0, 0.05) is 11.1 Å². The zero-order valence-electron chi connectivity index (χ0n) is 15.7. The zero-order valence-corrected chi connectivity index (χ0v) is 17.2. The normalized spacial score (nSPS) is 13.8. The number of carbonyl (C=O) groups excluding carboxylic acids is 3. The maximum Gasteiger partial charge on any atom is 0.337 e. The summed E-state index contributed by atoms with van der Waals surface area (Å²) in [4.78, 5) is 38.2. The molecule has 0 radical (unpaired) electrons. The third kappa shape index (κ3) is 3.79. The molecule has 1 heterocycles. The number of nitrogens with zero attached hydrogens (tertiary/aromatic N) is 1. The van der Waals surface area contributed by atoms with E-state index in [0.29, 0.717) is 16.5 Å². The number of anilines is 2. The fourth-order valence-electron chi connectivity index (χ4n) is 2.80. The predicted octanol–water partition coefficient (Wildman–Crippen LogP) is 3.88. The van der Waals surface area contributed by atoms with E-state index in [-0.39, 0.29) is 22.0 Å². The Morgan fingerprint density at radius 1 is 1.07 bits per heavy atom. The standard InChI is InChI=1S/C20H16Cl2N2O5/c1-10-7-14(15(28-2)9-13(10)21)23-17-16(22)18(25)24(19(17)26)12-6-4-5-11(8-12)20(27)29-3/h4-9,23H,1-3H3. The molecule has 0 saturated carbocycles. The van der Waals surface area contributed by atoms with Gasteiger partial charge in [-0.25, -0.2) is 9.69 Å². The first-order chi connectivity index (χ1) is 13.8. The minimum absolute atomic E-state index is 0.111. The number of halogens is 2. The molecule has 0 unspecified atom stereocenters. The van der Waals surface area contributed by atoms with Crippen LogP contribution in [-0.2, 0) is 14.3 Å². The fourth-order valence-corrected chi connectivity index (χ4v) is 3.17. The number of methoxy groups -OCH3 is 2. The third-order valence-electron chi connectivity index (χ3n) is 4.29. The molecule has 0 aromatic heterocycles. The van der Waals surface area contributed by atoms with Crippen LogP contribution in [0.3, 0.4) is 0 Å². The first-order valence-corrected chi connectivity index (χ1v) is 9.12. The van der Waals surface area contributed by atoms with Crippen LogP contribution >= 0.6 is 23.2 Å². The molecule has 9 heteroatoms. The number of hydrogen-bond donors (Lipinski definition) is 1. The molecule has 7 nitrogen and oxygen atoms in total. The van der Waals surface area contributed by atoms with Gasteiger partial charge in [-0.2, -0.15) is 0 Å². The van der Waals surface area contributed by atoms with Gasteiger partial charge in [0.1, 0.15) is 16.5 Å². The molecule has 2 aromatic carbocycles. The quantitative estimate of drug-likeness (QED) is 0.567. The van der Waals surface area contributed by atoms with Crippen LogP contribution in [0.5, 0.6) is 5.75 Å². The summed E-state index contributed by atoms with van der Waals surface area (Å²) in [6, 6.07) is 9.20. The number of aryl methyl sites for hydroxylation is 1. The fraction of sp³-hybridized carbons (Fsp3) is 0.150. The van der Waals surface area contributed by atoms with Crippen molar-refractivity contribution in [1.82, 2.24) is 0 Å². The van der Waals surface area contributed by atoms with E-state index in [1.165, 1.54) is 38.5 Å². The number of ether oxygens (including phenoxy) is 2. The predicted molar refractivity (Wildman–Crippen MR) is 110 cm³/mol. The number of amides is 2. The minimum atomic E-state index is -0.717. The van der Waals surface area contributed by atoms with Crippen molar-refractivity contribution in [1.29, 1.82) is 0 Å². The van der Waals surface area contributed by atoms with Crippen molar-refractivity contribution in [2.45, 2.75) is 6.92 Å². The SMILES string of the molecule is COC(=O)c1cccc(N2C(=O)C(Cl)=C(Nc3cc(C)c(Cl)cc3OC)C2=O)c1. The highest BCUT2D eigenvalue weighted by Crippen LogP contribution is 2.35. The van der Waals surface area contributed by atoms with Gasteiger partial charge in [0.2, 0.25) is 0 Å². The summed E-state index contributed by atoms with van der Waals surface area (Å²) < 4.78 is 9.96. The molecule has 3 rings (SSSR count). The Hall–Kier alpha value is -3.03. The largest absolute Gasteiger partial charge is 0.495 e. The third-order valence-corrected chi connectivity index (χ3v) is 5.05. The topological polar surface area (TPSA) is 84.9 Å². The van der Waals surface area contributed by atoms with E-state index < -0.39 is 17.8 Å². The zero-order chi connectivity index (χ0) is 21.3. The van der Waals surface area contributed by atoms with Crippen molar-refractivity contribution >= 4 is 52.4 Å². The van der Waals surface area contributed by atoms with Crippen LogP contribution < -0.4 is 15.0 Å². The molecule has 0 aliphatic carbocycles. The second-order valence-corrected chi connectivity index (χ2v) is 6.89. The molecule has 150 valence electrons. The van der Waals surface area contributed by atoms with Crippen molar-refractivity contribution in [3.63, 3.8) is 0 Å². The Morgan fingerprint density at radius 2 is 1.79 bits per heavy atom. The number of carbonyl (C=O) groups is 3. The van der Waals surface area contributed by atoms with Gasteiger partial charge >= 0.3 is 5.97 Å². The number of esters is 1. The van der Waals surface area contributed by atoms with Gasteiger partial charge in [-0.05, 0) is 36.8 Å². The summed E-state index contributed by atoms with van der Waals surface area (Å²) in [5.74, 6) is -1.60. The summed E-state index contributed by atoms with van der Waals surface area (Å²) in [6.07, 6.45) is 0. The van der Waals surface area contributed by atoms with Crippen LogP contribution in [0, 0.1) is 6.92 Å². The van der Waals surface area contributed by atoms with Crippen molar-refractivity contribution in [2.24, 2.45) is 0 Å². The van der Waals surface area contributed by atoms with Gasteiger partial charge in [0.05, 0.1) is 31.2 Å². The summed E-state index contributed by atoms with van der Waals surface area (Å²) in [6.45, 7) is 1.79. The van der Waals surface area contributed by atoms with Crippen LogP contribution in [-0.4, -0.2) is 32.0 Å². The van der Waals surface area contributed by atoms with Crippen molar-refractivity contribution in [3.05, 3.63) is 63.3 Å². The second kappa shape index (κ2) is 8.14. The van der Waals surface area contributed by atoms with Gasteiger partial charge < -0.3 is 14.8 Å². The Bertz CT molecular complexity index is 1060. The number of nitrogens with one attached hydrogen (secondary N) is 1. The first-order valence-electron chi connectivity index (χ1n) is 8.36. The Kier molecular flexibility index (Phi) is 5.81. The van der Waals surface area contributed by atoms with E-state index in [9.17, 15) is 14.4 Å². The van der Waals surface area contributed by atoms with Gasteiger partial charge in [-0.3, -0.25) is 9.59 Å². The van der Waals surface area contributed by atoms with Gasteiger partial charge in [0.25, 0.3) is 11.8 Å². The van der Waals surface area contributed by atoms with E-state index in [1.54, 1.807) is 19.1 Å². The lowest BCUT2D eigenvalue weighted by Crippen LogP contribution is -2.32. The first kappa shape index (κ1) is 20.7. The monoisotopic (exact) mass is 434 g/mol. The Labute approximate surface area is 176 Å². The molecular formula is C20H16Cl2N2O5. The molecule has 29 heavy (non-hydrogen) atoms. The second-order valence-electron chi connectivity index (χ2n) is 6.10. The maximum atomic E-state index is 13.0. The van der Waals surface area contributed by atoms with Crippen molar-refractivity contribution < 1.29 is 23.9 Å². The number of hydrogen-bond acceptors (Lipinski definition) is 6. The lowest BCUT2D eigenvalue weighted by molar-refractivity contribution is -0.120. The van der Waals surface area contributed by atoms with Crippen LogP contribution in [0.1, 0.15) is 15.9 Å². The summed E-state index contributed by atoms with van der Waals surface area (Å²) in [5.41, 5.74) is 1.44. The summed E-state index contributed by atoms with van der Waals surface area (Å²) in [7, 11) is 2.69. The Morgan fingerprint density at radius 3 is 2.45 bits per heavy atom. The molecule has 1 aliphatic rings. The number of benzene rings is 2. The molecular weight excluding hydrogens is 419 g/mol. The number of rotatable bonds is 5. The molecule has 0 atom stereocenters.